The Balaban J connectivity index is 1.88. The fraction of sp³-hybridized carbons (Fsp3) is 0.294. The van der Waals surface area contributed by atoms with Gasteiger partial charge in [-0.15, -0.1) is 0 Å². The third kappa shape index (κ3) is 2.23. The van der Waals surface area contributed by atoms with Crippen molar-refractivity contribution < 1.29 is 4.74 Å². The molecule has 5 nitrogen and oxygen atoms in total. The first-order valence-electron chi connectivity index (χ1n) is 7.61. The number of nitrogens with one attached hydrogen (secondary N) is 1. The number of hydrogen-bond donors (Lipinski definition) is 1. The lowest BCUT2D eigenvalue weighted by Crippen LogP contribution is -2.52. The normalized spacial score (nSPS) is 20.3. The molecule has 1 aromatic carbocycles. The Morgan fingerprint density at radius 1 is 1.23 bits per heavy atom. The minimum atomic E-state index is 0.388. The second kappa shape index (κ2) is 5.42. The van der Waals surface area contributed by atoms with Crippen LogP contribution in [0.3, 0.4) is 0 Å². The highest BCUT2D eigenvalue weighted by molar-refractivity contribution is 6.03. The van der Waals surface area contributed by atoms with E-state index in [1.165, 1.54) is 0 Å². The van der Waals surface area contributed by atoms with Crippen molar-refractivity contribution in [3.8, 4) is 11.6 Å². The van der Waals surface area contributed by atoms with E-state index in [1.54, 1.807) is 6.20 Å². The van der Waals surface area contributed by atoms with Gasteiger partial charge in [0.15, 0.2) is 0 Å². The quantitative estimate of drug-likeness (QED) is 0.811. The van der Waals surface area contributed by atoms with Crippen LogP contribution < -0.4 is 10.1 Å². The average molecular weight is 294 g/mol. The molecule has 0 spiro atoms. The molecule has 1 fully saturated rings. The minimum Gasteiger partial charge on any atom is -0.436 e. The molecule has 0 radical (unpaired) electrons. The van der Waals surface area contributed by atoms with E-state index < -0.39 is 0 Å². The highest BCUT2D eigenvalue weighted by Gasteiger charge is 2.27. The summed E-state index contributed by atoms with van der Waals surface area (Å²) in [4.78, 5) is 11.5. The van der Waals surface area contributed by atoms with E-state index in [9.17, 15) is 0 Å². The van der Waals surface area contributed by atoms with Crippen LogP contribution in [0.4, 0.5) is 5.69 Å². The summed E-state index contributed by atoms with van der Waals surface area (Å²) in [5, 5.41) is 3.42. The number of hydrogen-bond acceptors (Lipinski definition) is 5. The Bertz CT molecular complexity index is 728. The Labute approximate surface area is 129 Å². The average Bonchev–Trinajstić information content (AvgIpc) is 2.72. The van der Waals surface area contributed by atoms with Gasteiger partial charge in [-0.25, -0.2) is 9.98 Å². The molecule has 0 aliphatic carbocycles. The van der Waals surface area contributed by atoms with Crippen LogP contribution in [0, 0.1) is 0 Å². The van der Waals surface area contributed by atoms with Gasteiger partial charge in [0.1, 0.15) is 17.3 Å². The number of aliphatic imine (C=N–C) groups is 1. The number of aromatic nitrogens is 1. The highest BCUT2D eigenvalue weighted by atomic mass is 16.5. The van der Waals surface area contributed by atoms with Crippen LogP contribution in [0.1, 0.15) is 12.5 Å². The van der Waals surface area contributed by atoms with Crippen LogP contribution in [-0.2, 0) is 0 Å². The summed E-state index contributed by atoms with van der Waals surface area (Å²) in [5.41, 5.74) is 1.80. The van der Waals surface area contributed by atoms with E-state index in [1.807, 2.05) is 30.3 Å². The molecule has 0 saturated carbocycles. The first kappa shape index (κ1) is 13.3. The van der Waals surface area contributed by atoms with Crippen molar-refractivity contribution in [1.82, 2.24) is 15.2 Å². The van der Waals surface area contributed by atoms with Crippen LogP contribution >= 0.6 is 0 Å². The number of rotatable bonds is 0. The van der Waals surface area contributed by atoms with Crippen molar-refractivity contribution in [3.05, 3.63) is 48.2 Å². The summed E-state index contributed by atoms with van der Waals surface area (Å²) >= 11 is 0. The molecule has 22 heavy (non-hydrogen) atoms. The predicted octanol–water partition coefficient (Wildman–Crippen LogP) is 2.56. The van der Waals surface area contributed by atoms with E-state index in [4.69, 9.17) is 9.73 Å². The lowest BCUT2D eigenvalue weighted by molar-refractivity contribution is 0.275. The summed E-state index contributed by atoms with van der Waals surface area (Å²) in [6, 6.07) is 12.3. The lowest BCUT2D eigenvalue weighted by atomic mass is 10.1. The molecule has 1 saturated heterocycles. The van der Waals surface area contributed by atoms with Gasteiger partial charge >= 0.3 is 0 Å². The predicted molar refractivity (Wildman–Crippen MR) is 86.0 cm³/mol. The molecule has 2 aliphatic rings. The Kier molecular flexibility index (Phi) is 3.27. The molecule has 1 unspecified atom stereocenters. The zero-order chi connectivity index (χ0) is 14.9. The summed E-state index contributed by atoms with van der Waals surface area (Å²) < 4.78 is 5.99. The van der Waals surface area contributed by atoms with Crippen molar-refractivity contribution >= 4 is 11.5 Å². The molecular weight excluding hydrogens is 276 g/mol. The standard InChI is InChI=1S/C17H18N4O/c1-12-11-18-9-10-21(12)16-13-5-2-3-7-15(13)22-17-14(20-16)6-4-8-19-17/h2-8,12,18H,9-11H2,1H3. The summed E-state index contributed by atoms with van der Waals surface area (Å²) in [6.07, 6.45) is 1.73. The van der Waals surface area contributed by atoms with E-state index in [-0.39, 0.29) is 0 Å². The van der Waals surface area contributed by atoms with E-state index in [2.05, 4.69) is 28.2 Å². The van der Waals surface area contributed by atoms with E-state index in [0.29, 0.717) is 11.9 Å². The van der Waals surface area contributed by atoms with Crippen LogP contribution in [0.5, 0.6) is 11.6 Å². The molecule has 1 N–H and O–H groups in total. The monoisotopic (exact) mass is 294 g/mol. The zero-order valence-electron chi connectivity index (χ0n) is 12.5. The molecule has 112 valence electrons. The molecule has 0 amide bonds. The molecule has 5 heteroatoms. The first-order valence-corrected chi connectivity index (χ1v) is 7.61. The maximum absolute atomic E-state index is 5.99. The summed E-state index contributed by atoms with van der Waals surface area (Å²) in [5.74, 6) is 2.34. The van der Waals surface area contributed by atoms with Crippen molar-refractivity contribution in [2.45, 2.75) is 13.0 Å². The van der Waals surface area contributed by atoms with Gasteiger partial charge in [0.2, 0.25) is 5.88 Å². The van der Waals surface area contributed by atoms with Crippen molar-refractivity contribution in [1.29, 1.82) is 0 Å². The number of ether oxygens (including phenoxy) is 1. The Morgan fingerprint density at radius 2 is 2.14 bits per heavy atom. The maximum atomic E-state index is 5.99. The molecule has 3 heterocycles. The second-order valence-electron chi connectivity index (χ2n) is 5.61. The fourth-order valence-corrected chi connectivity index (χ4v) is 2.94. The molecule has 1 atom stereocenters. The zero-order valence-corrected chi connectivity index (χ0v) is 12.5. The smallest absolute Gasteiger partial charge is 0.245 e. The van der Waals surface area contributed by atoms with Crippen LogP contribution in [0.2, 0.25) is 0 Å². The second-order valence-corrected chi connectivity index (χ2v) is 5.61. The van der Waals surface area contributed by atoms with Gasteiger partial charge in [-0.1, -0.05) is 12.1 Å². The van der Waals surface area contributed by atoms with E-state index in [0.717, 1.165) is 42.5 Å². The Hall–Kier alpha value is -2.40. The van der Waals surface area contributed by atoms with Gasteiger partial charge in [-0.3, -0.25) is 0 Å². The fourth-order valence-electron chi connectivity index (χ4n) is 2.94. The van der Waals surface area contributed by atoms with Crippen molar-refractivity contribution in [3.63, 3.8) is 0 Å². The molecule has 1 aromatic heterocycles. The van der Waals surface area contributed by atoms with Crippen LogP contribution in [-0.4, -0.2) is 41.4 Å². The summed E-state index contributed by atoms with van der Waals surface area (Å²) in [7, 11) is 0. The molecule has 2 aromatic rings. The van der Waals surface area contributed by atoms with Gasteiger partial charge in [0.25, 0.3) is 0 Å². The van der Waals surface area contributed by atoms with Gasteiger partial charge in [-0.2, -0.15) is 0 Å². The number of pyridine rings is 1. The van der Waals surface area contributed by atoms with Crippen LogP contribution in [0.15, 0.2) is 47.6 Å². The van der Waals surface area contributed by atoms with Crippen molar-refractivity contribution in [2.24, 2.45) is 4.99 Å². The number of nitrogens with zero attached hydrogens (tertiary/aromatic N) is 3. The topological polar surface area (TPSA) is 49.8 Å². The van der Waals surface area contributed by atoms with Gasteiger partial charge in [0, 0.05) is 31.9 Å². The molecular formula is C17H18N4O. The first-order chi connectivity index (χ1) is 10.8. The van der Waals surface area contributed by atoms with Crippen molar-refractivity contribution in [2.75, 3.05) is 19.6 Å². The third-order valence-electron chi connectivity index (χ3n) is 4.09. The SMILES string of the molecule is CC1CNCCN1C1=Nc2cccnc2Oc2ccccc21. The molecule has 2 aliphatic heterocycles. The van der Waals surface area contributed by atoms with Gasteiger partial charge < -0.3 is 15.0 Å². The number of amidine groups is 1. The number of fused-ring (bicyclic) bond motifs is 2. The minimum absolute atomic E-state index is 0.388. The van der Waals surface area contributed by atoms with Gasteiger partial charge in [0.05, 0.1) is 5.56 Å². The third-order valence-corrected chi connectivity index (χ3v) is 4.09. The maximum Gasteiger partial charge on any atom is 0.245 e. The number of piperazine rings is 1. The van der Waals surface area contributed by atoms with E-state index >= 15 is 0 Å². The Morgan fingerprint density at radius 3 is 3.05 bits per heavy atom. The molecule has 4 rings (SSSR count). The summed E-state index contributed by atoms with van der Waals surface area (Å²) in [6.45, 7) is 5.07. The van der Waals surface area contributed by atoms with Crippen LogP contribution in [0.25, 0.3) is 0 Å². The molecule has 0 bridgehead atoms. The van der Waals surface area contributed by atoms with Gasteiger partial charge in [-0.05, 0) is 31.2 Å². The number of para-hydroxylation sites is 1. The number of benzene rings is 1. The highest BCUT2D eigenvalue weighted by Crippen LogP contribution is 2.36. The lowest BCUT2D eigenvalue weighted by Gasteiger charge is -2.36. The largest absolute Gasteiger partial charge is 0.436 e.